The van der Waals surface area contributed by atoms with Crippen LogP contribution in [0.4, 0.5) is 0 Å². The summed E-state index contributed by atoms with van der Waals surface area (Å²) in [7, 11) is 0. The standard InChI is InChI=1S/C15H23N3O3/c1-9-8-11-12(10(2)21-9)16-17-13(11)14(19)18-6-4-15(3,20)5-7-18/h9-10,20H,4-8H2,1-3H3,(H,16,17)/t9-,10+/m1/s1. The summed E-state index contributed by atoms with van der Waals surface area (Å²) in [5, 5.41) is 17.2. The molecule has 1 fully saturated rings. The average molecular weight is 293 g/mol. The molecular formula is C15H23N3O3. The Morgan fingerprint density at radius 2 is 2.10 bits per heavy atom. The molecule has 2 atom stereocenters. The first-order chi connectivity index (χ1) is 9.87. The fraction of sp³-hybridized carbons (Fsp3) is 0.733. The molecule has 2 N–H and O–H groups in total. The summed E-state index contributed by atoms with van der Waals surface area (Å²) in [5.74, 6) is -0.0377. The van der Waals surface area contributed by atoms with Crippen molar-refractivity contribution in [2.75, 3.05) is 13.1 Å². The quantitative estimate of drug-likeness (QED) is 0.821. The first-order valence-corrected chi connectivity index (χ1v) is 7.61. The van der Waals surface area contributed by atoms with Crippen LogP contribution < -0.4 is 0 Å². The van der Waals surface area contributed by atoms with Crippen LogP contribution in [0.2, 0.25) is 0 Å². The predicted molar refractivity (Wildman–Crippen MR) is 77.0 cm³/mol. The van der Waals surface area contributed by atoms with Crippen LogP contribution >= 0.6 is 0 Å². The molecule has 6 heteroatoms. The molecule has 1 aromatic heterocycles. The number of carbonyl (C=O) groups excluding carboxylic acids is 1. The van der Waals surface area contributed by atoms with Crippen molar-refractivity contribution in [1.82, 2.24) is 15.1 Å². The van der Waals surface area contributed by atoms with E-state index in [0.29, 0.717) is 38.0 Å². The van der Waals surface area contributed by atoms with Gasteiger partial charge in [0.25, 0.3) is 5.91 Å². The van der Waals surface area contributed by atoms with Crippen molar-refractivity contribution in [3.8, 4) is 0 Å². The summed E-state index contributed by atoms with van der Waals surface area (Å²) in [6, 6.07) is 0. The fourth-order valence-corrected chi connectivity index (χ4v) is 3.19. The summed E-state index contributed by atoms with van der Waals surface area (Å²) in [6.07, 6.45) is 1.98. The Bertz CT molecular complexity index is 542. The number of aliphatic hydroxyl groups is 1. The molecule has 6 nitrogen and oxygen atoms in total. The highest BCUT2D eigenvalue weighted by molar-refractivity contribution is 5.94. The fourth-order valence-electron chi connectivity index (χ4n) is 3.19. The lowest BCUT2D eigenvalue weighted by Crippen LogP contribution is -2.45. The number of nitrogens with zero attached hydrogens (tertiary/aromatic N) is 2. The van der Waals surface area contributed by atoms with E-state index in [1.54, 1.807) is 4.90 Å². The van der Waals surface area contributed by atoms with Crippen molar-refractivity contribution < 1.29 is 14.6 Å². The number of hydrogen-bond acceptors (Lipinski definition) is 4. The zero-order valence-corrected chi connectivity index (χ0v) is 12.8. The van der Waals surface area contributed by atoms with Crippen molar-refractivity contribution in [3.05, 3.63) is 17.0 Å². The van der Waals surface area contributed by atoms with Gasteiger partial charge in [-0.25, -0.2) is 0 Å². The molecule has 0 radical (unpaired) electrons. The van der Waals surface area contributed by atoms with E-state index in [9.17, 15) is 9.90 Å². The lowest BCUT2D eigenvalue weighted by Gasteiger charge is -2.35. The van der Waals surface area contributed by atoms with E-state index in [1.807, 2.05) is 20.8 Å². The summed E-state index contributed by atoms with van der Waals surface area (Å²) in [5.41, 5.74) is 1.77. The molecule has 0 bridgehead atoms. The molecule has 1 amide bonds. The number of H-pyrrole nitrogens is 1. The number of nitrogens with one attached hydrogen (secondary N) is 1. The third-order valence-electron chi connectivity index (χ3n) is 4.56. The van der Waals surface area contributed by atoms with Gasteiger partial charge in [-0.1, -0.05) is 0 Å². The van der Waals surface area contributed by atoms with Gasteiger partial charge in [0.05, 0.1) is 23.5 Å². The van der Waals surface area contributed by atoms with Gasteiger partial charge in [-0.05, 0) is 33.6 Å². The number of likely N-dealkylation sites (tertiary alicyclic amines) is 1. The van der Waals surface area contributed by atoms with Gasteiger partial charge >= 0.3 is 0 Å². The van der Waals surface area contributed by atoms with Crippen molar-refractivity contribution in [2.45, 2.75) is 57.8 Å². The maximum atomic E-state index is 12.7. The van der Waals surface area contributed by atoms with Crippen LogP contribution in [-0.2, 0) is 11.2 Å². The van der Waals surface area contributed by atoms with E-state index in [1.165, 1.54) is 0 Å². The Kier molecular flexibility index (Phi) is 3.53. The highest BCUT2D eigenvalue weighted by Gasteiger charge is 2.34. The molecule has 1 aromatic rings. The summed E-state index contributed by atoms with van der Waals surface area (Å²) < 4.78 is 5.75. The van der Waals surface area contributed by atoms with Crippen LogP contribution in [0.3, 0.4) is 0 Å². The highest BCUT2D eigenvalue weighted by Crippen LogP contribution is 2.31. The van der Waals surface area contributed by atoms with Crippen LogP contribution in [0.1, 0.15) is 61.5 Å². The number of aromatic nitrogens is 2. The molecule has 0 aromatic carbocycles. The molecule has 0 saturated carbocycles. The number of aromatic amines is 1. The van der Waals surface area contributed by atoms with E-state index in [0.717, 1.165) is 11.3 Å². The van der Waals surface area contributed by atoms with Crippen LogP contribution in [0.5, 0.6) is 0 Å². The molecular weight excluding hydrogens is 270 g/mol. The number of ether oxygens (including phenoxy) is 1. The first-order valence-electron chi connectivity index (χ1n) is 7.61. The molecule has 1 saturated heterocycles. The molecule has 0 aliphatic carbocycles. The van der Waals surface area contributed by atoms with Crippen LogP contribution in [0.25, 0.3) is 0 Å². The van der Waals surface area contributed by atoms with Crippen LogP contribution in [0.15, 0.2) is 0 Å². The van der Waals surface area contributed by atoms with Gasteiger partial charge in [0, 0.05) is 25.1 Å². The Labute approximate surface area is 124 Å². The molecule has 3 heterocycles. The monoisotopic (exact) mass is 293 g/mol. The number of hydrogen-bond donors (Lipinski definition) is 2. The van der Waals surface area contributed by atoms with E-state index in [4.69, 9.17) is 4.74 Å². The SMILES string of the molecule is C[C@@H]1Cc2c(C(=O)N3CCC(C)(O)CC3)n[nH]c2[C@H](C)O1. The van der Waals surface area contributed by atoms with Gasteiger partial charge in [-0.2, -0.15) is 5.10 Å². The Morgan fingerprint density at radius 3 is 2.76 bits per heavy atom. The molecule has 21 heavy (non-hydrogen) atoms. The van der Waals surface area contributed by atoms with E-state index in [-0.39, 0.29) is 18.1 Å². The van der Waals surface area contributed by atoms with E-state index >= 15 is 0 Å². The smallest absolute Gasteiger partial charge is 0.274 e. The van der Waals surface area contributed by atoms with E-state index in [2.05, 4.69) is 10.2 Å². The minimum absolute atomic E-state index is 0.0377. The van der Waals surface area contributed by atoms with Crippen molar-refractivity contribution >= 4 is 5.91 Å². The molecule has 116 valence electrons. The zero-order valence-electron chi connectivity index (χ0n) is 12.8. The molecule has 2 aliphatic heterocycles. The Balaban J connectivity index is 1.80. The minimum atomic E-state index is -0.654. The maximum absolute atomic E-state index is 12.7. The Morgan fingerprint density at radius 1 is 1.43 bits per heavy atom. The topological polar surface area (TPSA) is 78.5 Å². The van der Waals surface area contributed by atoms with Crippen LogP contribution in [0, 0.1) is 0 Å². The summed E-state index contributed by atoms with van der Waals surface area (Å²) in [6.45, 7) is 6.97. The lowest BCUT2D eigenvalue weighted by molar-refractivity contribution is -0.00744. The second-order valence-corrected chi connectivity index (χ2v) is 6.55. The van der Waals surface area contributed by atoms with Gasteiger partial charge < -0.3 is 14.7 Å². The van der Waals surface area contributed by atoms with Gasteiger partial charge in [0.15, 0.2) is 5.69 Å². The van der Waals surface area contributed by atoms with E-state index < -0.39 is 5.60 Å². The summed E-state index contributed by atoms with van der Waals surface area (Å²) in [4.78, 5) is 14.5. The maximum Gasteiger partial charge on any atom is 0.274 e. The third kappa shape index (κ3) is 2.70. The highest BCUT2D eigenvalue weighted by atomic mass is 16.5. The Hall–Kier alpha value is -1.40. The number of fused-ring (bicyclic) bond motifs is 1. The average Bonchev–Trinajstić information content (AvgIpc) is 2.82. The van der Waals surface area contributed by atoms with Gasteiger partial charge in [-0.3, -0.25) is 9.89 Å². The second kappa shape index (κ2) is 5.10. The number of rotatable bonds is 1. The molecule has 0 unspecified atom stereocenters. The minimum Gasteiger partial charge on any atom is -0.390 e. The van der Waals surface area contributed by atoms with Gasteiger partial charge in [0.1, 0.15) is 0 Å². The van der Waals surface area contributed by atoms with Gasteiger partial charge in [0.2, 0.25) is 0 Å². The first kappa shape index (κ1) is 14.5. The molecule has 3 rings (SSSR count). The second-order valence-electron chi connectivity index (χ2n) is 6.55. The number of amides is 1. The predicted octanol–water partition coefficient (Wildman–Crippen LogP) is 1.42. The number of carbonyl (C=O) groups is 1. The van der Waals surface area contributed by atoms with Crippen LogP contribution in [-0.4, -0.2) is 50.9 Å². The zero-order chi connectivity index (χ0) is 15.2. The number of piperidine rings is 1. The van der Waals surface area contributed by atoms with Crippen molar-refractivity contribution in [1.29, 1.82) is 0 Å². The third-order valence-corrected chi connectivity index (χ3v) is 4.56. The largest absolute Gasteiger partial charge is 0.390 e. The van der Waals surface area contributed by atoms with Crippen molar-refractivity contribution in [2.24, 2.45) is 0 Å². The molecule has 0 spiro atoms. The van der Waals surface area contributed by atoms with Gasteiger partial charge in [-0.15, -0.1) is 0 Å². The lowest BCUT2D eigenvalue weighted by atomic mass is 9.93. The van der Waals surface area contributed by atoms with Crippen molar-refractivity contribution in [3.63, 3.8) is 0 Å². The molecule has 2 aliphatic rings. The normalized spacial score (nSPS) is 28.3. The summed E-state index contributed by atoms with van der Waals surface area (Å²) >= 11 is 0.